The quantitative estimate of drug-likeness (QED) is 0.709. The first-order chi connectivity index (χ1) is 9.72. The third kappa shape index (κ3) is 4.11. The van der Waals surface area contributed by atoms with E-state index in [0.717, 1.165) is 11.1 Å². The van der Waals surface area contributed by atoms with Gasteiger partial charge in [-0.2, -0.15) is 0 Å². The Labute approximate surface area is 121 Å². The average Bonchev–Trinajstić information content (AvgIpc) is 2.45. The van der Waals surface area contributed by atoms with Gasteiger partial charge in [-0.15, -0.1) is 0 Å². The standard InChI is InChI=1S/C16H20NO2P/c1-4-18-20(19-5-2)9-8-14-6-7-15-10-13(3)12-17-16(15)11-14/h6-12H,4-5H2,1-3H3/b9-8+. The van der Waals surface area contributed by atoms with E-state index >= 15 is 0 Å². The van der Waals surface area contributed by atoms with Gasteiger partial charge >= 0.3 is 0 Å². The lowest BCUT2D eigenvalue weighted by atomic mass is 10.1. The van der Waals surface area contributed by atoms with E-state index in [9.17, 15) is 0 Å². The Balaban J connectivity index is 2.18. The first-order valence-corrected chi connectivity index (χ1v) is 8.07. The molecule has 0 bridgehead atoms. The summed E-state index contributed by atoms with van der Waals surface area (Å²) in [7, 11) is -0.934. The van der Waals surface area contributed by atoms with Crippen molar-refractivity contribution in [2.24, 2.45) is 0 Å². The Hall–Kier alpha value is -1.28. The van der Waals surface area contributed by atoms with Crippen molar-refractivity contribution in [3.63, 3.8) is 0 Å². The summed E-state index contributed by atoms with van der Waals surface area (Å²) in [4.78, 5) is 4.45. The minimum Gasteiger partial charge on any atom is -0.331 e. The SMILES string of the molecule is CCOP(/C=C/c1ccc2cc(C)cnc2c1)OCC. The Bertz CT molecular complexity index is 592. The van der Waals surface area contributed by atoms with Gasteiger partial charge in [-0.05, 0) is 55.9 Å². The zero-order valence-electron chi connectivity index (χ0n) is 12.2. The van der Waals surface area contributed by atoms with Crippen LogP contribution < -0.4 is 0 Å². The first kappa shape index (κ1) is 15.1. The summed E-state index contributed by atoms with van der Waals surface area (Å²) < 4.78 is 11.1. The highest BCUT2D eigenvalue weighted by molar-refractivity contribution is 7.51. The van der Waals surface area contributed by atoms with Crippen LogP contribution in [0.2, 0.25) is 0 Å². The molecule has 2 aromatic rings. The van der Waals surface area contributed by atoms with E-state index in [1.54, 1.807) is 0 Å². The lowest BCUT2D eigenvalue weighted by Gasteiger charge is -2.10. The second-order valence-electron chi connectivity index (χ2n) is 4.40. The van der Waals surface area contributed by atoms with E-state index in [1.807, 2.05) is 31.9 Å². The van der Waals surface area contributed by atoms with Crippen LogP contribution in [0.3, 0.4) is 0 Å². The predicted molar refractivity (Wildman–Crippen MR) is 85.7 cm³/mol. The van der Waals surface area contributed by atoms with E-state index in [1.165, 1.54) is 10.9 Å². The maximum Gasteiger partial charge on any atom is 0.197 e. The van der Waals surface area contributed by atoms with E-state index in [0.29, 0.717) is 13.2 Å². The number of hydrogen-bond donors (Lipinski definition) is 0. The van der Waals surface area contributed by atoms with Gasteiger partial charge in [0.05, 0.1) is 18.7 Å². The summed E-state index contributed by atoms with van der Waals surface area (Å²) in [6.07, 6.45) is 3.93. The number of hydrogen-bond acceptors (Lipinski definition) is 3. The molecule has 0 fully saturated rings. The minimum absolute atomic E-state index is 0.661. The molecule has 20 heavy (non-hydrogen) atoms. The van der Waals surface area contributed by atoms with Crippen LogP contribution in [0.4, 0.5) is 0 Å². The maximum absolute atomic E-state index is 5.55. The van der Waals surface area contributed by atoms with Gasteiger partial charge in [0.15, 0.2) is 8.38 Å². The van der Waals surface area contributed by atoms with Crippen LogP contribution in [0.15, 0.2) is 36.3 Å². The van der Waals surface area contributed by atoms with Gasteiger partial charge in [-0.1, -0.05) is 12.1 Å². The van der Waals surface area contributed by atoms with Gasteiger partial charge in [-0.3, -0.25) is 4.98 Å². The van der Waals surface area contributed by atoms with Crippen LogP contribution >= 0.6 is 8.38 Å². The minimum atomic E-state index is -0.934. The second-order valence-corrected chi connectivity index (χ2v) is 5.79. The number of nitrogens with zero attached hydrogens (tertiary/aromatic N) is 1. The van der Waals surface area contributed by atoms with Crippen molar-refractivity contribution in [2.45, 2.75) is 20.8 Å². The highest BCUT2D eigenvalue weighted by Gasteiger charge is 2.03. The Kier molecular flexibility index (Phi) is 5.66. The van der Waals surface area contributed by atoms with Crippen LogP contribution in [0, 0.1) is 6.92 Å². The highest BCUT2D eigenvalue weighted by atomic mass is 31.2. The molecule has 0 N–H and O–H groups in total. The van der Waals surface area contributed by atoms with Crippen LogP contribution in [0.5, 0.6) is 0 Å². The summed E-state index contributed by atoms with van der Waals surface area (Å²) >= 11 is 0. The van der Waals surface area contributed by atoms with Crippen molar-refractivity contribution in [1.29, 1.82) is 0 Å². The number of benzene rings is 1. The van der Waals surface area contributed by atoms with E-state index < -0.39 is 8.38 Å². The molecule has 0 saturated heterocycles. The largest absolute Gasteiger partial charge is 0.331 e. The van der Waals surface area contributed by atoms with Crippen LogP contribution in [-0.2, 0) is 9.05 Å². The van der Waals surface area contributed by atoms with Gasteiger partial charge in [0.1, 0.15) is 0 Å². The molecule has 0 saturated carbocycles. The van der Waals surface area contributed by atoms with Crippen LogP contribution in [0.25, 0.3) is 17.0 Å². The lowest BCUT2D eigenvalue weighted by Crippen LogP contribution is -1.87. The number of aryl methyl sites for hydroxylation is 1. The van der Waals surface area contributed by atoms with Gasteiger partial charge in [0.25, 0.3) is 0 Å². The predicted octanol–water partition coefficient (Wildman–Crippen LogP) is 4.90. The average molecular weight is 289 g/mol. The van der Waals surface area contributed by atoms with Crippen molar-refractivity contribution in [2.75, 3.05) is 13.2 Å². The van der Waals surface area contributed by atoms with Crippen LogP contribution in [0.1, 0.15) is 25.0 Å². The van der Waals surface area contributed by atoms with Crippen molar-refractivity contribution in [3.05, 3.63) is 47.4 Å². The Morgan fingerprint density at radius 2 is 1.90 bits per heavy atom. The molecule has 0 aliphatic carbocycles. The molecule has 1 aromatic carbocycles. The summed E-state index contributed by atoms with van der Waals surface area (Å²) in [5.74, 6) is 2.00. The molecule has 106 valence electrons. The fourth-order valence-electron chi connectivity index (χ4n) is 1.88. The molecule has 2 rings (SSSR count). The molecule has 4 heteroatoms. The molecule has 0 aliphatic heterocycles. The summed E-state index contributed by atoms with van der Waals surface area (Å²) in [6, 6.07) is 8.41. The monoisotopic (exact) mass is 289 g/mol. The van der Waals surface area contributed by atoms with Gasteiger partial charge in [0, 0.05) is 11.6 Å². The molecule has 0 atom stereocenters. The molecule has 3 nitrogen and oxygen atoms in total. The van der Waals surface area contributed by atoms with Crippen LogP contribution in [-0.4, -0.2) is 18.2 Å². The molecule has 0 radical (unpaired) electrons. The van der Waals surface area contributed by atoms with E-state index in [-0.39, 0.29) is 0 Å². The zero-order chi connectivity index (χ0) is 14.4. The fraction of sp³-hybridized carbons (Fsp3) is 0.312. The van der Waals surface area contributed by atoms with Crippen molar-refractivity contribution in [1.82, 2.24) is 4.98 Å². The number of aromatic nitrogens is 1. The van der Waals surface area contributed by atoms with E-state index in [2.05, 4.69) is 36.2 Å². The molecule has 0 aliphatic rings. The Morgan fingerprint density at radius 1 is 1.15 bits per heavy atom. The molecular weight excluding hydrogens is 269 g/mol. The molecule has 1 heterocycles. The molecule has 0 spiro atoms. The first-order valence-electron chi connectivity index (χ1n) is 6.82. The van der Waals surface area contributed by atoms with Crippen molar-refractivity contribution in [3.8, 4) is 0 Å². The van der Waals surface area contributed by atoms with Gasteiger partial charge in [-0.25, -0.2) is 0 Å². The number of rotatable bonds is 6. The van der Waals surface area contributed by atoms with Gasteiger partial charge in [0.2, 0.25) is 0 Å². The van der Waals surface area contributed by atoms with Crippen molar-refractivity contribution < 1.29 is 9.05 Å². The Morgan fingerprint density at radius 3 is 2.60 bits per heavy atom. The fourth-order valence-corrected chi connectivity index (χ4v) is 2.93. The number of pyridine rings is 1. The third-order valence-electron chi connectivity index (χ3n) is 2.75. The topological polar surface area (TPSA) is 31.4 Å². The highest BCUT2D eigenvalue weighted by Crippen LogP contribution is 2.40. The number of fused-ring (bicyclic) bond motifs is 1. The molecule has 1 aromatic heterocycles. The smallest absolute Gasteiger partial charge is 0.197 e. The molecule has 0 amide bonds. The molecular formula is C16H20NO2P. The maximum atomic E-state index is 5.55. The van der Waals surface area contributed by atoms with E-state index in [4.69, 9.17) is 9.05 Å². The lowest BCUT2D eigenvalue weighted by molar-refractivity contribution is 0.277. The third-order valence-corrected chi connectivity index (χ3v) is 4.16. The summed E-state index contributed by atoms with van der Waals surface area (Å²) in [6.45, 7) is 7.33. The molecule has 0 unspecified atom stereocenters. The normalized spacial score (nSPS) is 11.8. The second kappa shape index (κ2) is 7.49. The van der Waals surface area contributed by atoms with Crippen molar-refractivity contribution >= 4 is 25.4 Å². The van der Waals surface area contributed by atoms with Gasteiger partial charge < -0.3 is 9.05 Å². The zero-order valence-corrected chi connectivity index (χ0v) is 13.1. The summed E-state index contributed by atoms with van der Waals surface area (Å²) in [5.41, 5.74) is 3.30. The summed E-state index contributed by atoms with van der Waals surface area (Å²) in [5, 5.41) is 1.17.